The second-order valence-corrected chi connectivity index (χ2v) is 11.1. The van der Waals surface area contributed by atoms with E-state index in [0.29, 0.717) is 37.5 Å². The molecule has 0 radical (unpaired) electrons. The van der Waals surface area contributed by atoms with Crippen molar-refractivity contribution in [2.45, 2.75) is 49.5 Å². The molecule has 4 rings (SSSR count). The smallest absolute Gasteiger partial charge is 0.257 e. The summed E-state index contributed by atoms with van der Waals surface area (Å²) >= 11 is 6.28. The lowest BCUT2D eigenvalue weighted by Crippen LogP contribution is -2.32. The Morgan fingerprint density at radius 1 is 0.971 bits per heavy atom. The van der Waals surface area contributed by atoms with E-state index in [1.807, 2.05) is 0 Å². The highest BCUT2D eigenvalue weighted by Gasteiger charge is 2.27. The van der Waals surface area contributed by atoms with Crippen molar-refractivity contribution in [3.63, 3.8) is 0 Å². The van der Waals surface area contributed by atoms with E-state index in [0.717, 1.165) is 38.5 Å². The Hall–Kier alpha value is -2.46. The SMILES string of the molecule is O=C(Nc1ccccc1C(=O)NCC1CCCO1)c1cc(S(=O)(=O)N2CCCCCC2)ccc1Cl. The summed E-state index contributed by atoms with van der Waals surface area (Å²) in [5.41, 5.74) is 0.625. The first kappa shape index (κ1) is 25.6. The van der Waals surface area contributed by atoms with Crippen LogP contribution in [0.3, 0.4) is 0 Å². The van der Waals surface area contributed by atoms with Gasteiger partial charge in [-0.1, -0.05) is 36.6 Å². The fraction of sp³-hybridized carbons (Fsp3) is 0.440. The molecule has 2 saturated heterocycles. The number of anilines is 1. The Morgan fingerprint density at radius 3 is 2.43 bits per heavy atom. The zero-order chi connectivity index (χ0) is 24.8. The van der Waals surface area contributed by atoms with Crippen LogP contribution in [0.25, 0.3) is 0 Å². The Kier molecular flexibility index (Phi) is 8.43. The minimum Gasteiger partial charge on any atom is -0.376 e. The number of sulfonamides is 1. The zero-order valence-corrected chi connectivity index (χ0v) is 21.0. The largest absolute Gasteiger partial charge is 0.376 e. The normalized spacial score (nSPS) is 19.2. The van der Waals surface area contributed by atoms with E-state index >= 15 is 0 Å². The molecule has 2 aromatic carbocycles. The van der Waals surface area contributed by atoms with Crippen LogP contribution >= 0.6 is 11.6 Å². The van der Waals surface area contributed by atoms with Gasteiger partial charge in [0.1, 0.15) is 0 Å². The molecule has 0 aliphatic carbocycles. The molecule has 1 unspecified atom stereocenters. The van der Waals surface area contributed by atoms with Gasteiger partial charge in [-0.2, -0.15) is 4.31 Å². The summed E-state index contributed by atoms with van der Waals surface area (Å²) in [6.45, 7) is 2.01. The number of benzene rings is 2. The van der Waals surface area contributed by atoms with Crippen LogP contribution in [0.5, 0.6) is 0 Å². The van der Waals surface area contributed by atoms with Crippen LogP contribution in [0.2, 0.25) is 5.02 Å². The standard InChI is InChI=1S/C25H30ClN3O5S/c26-22-12-11-19(35(32,33)29-13-5-1-2-6-14-29)16-21(22)25(31)28-23-10-4-3-9-20(23)24(30)27-17-18-8-7-15-34-18/h3-4,9-12,16,18H,1-2,5-8,13-15,17H2,(H,27,30)(H,28,31). The van der Waals surface area contributed by atoms with Crippen molar-refractivity contribution >= 4 is 39.1 Å². The quantitative estimate of drug-likeness (QED) is 0.574. The van der Waals surface area contributed by atoms with E-state index in [-0.39, 0.29) is 27.5 Å². The maximum absolute atomic E-state index is 13.2. The van der Waals surface area contributed by atoms with Crippen LogP contribution in [0.15, 0.2) is 47.4 Å². The van der Waals surface area contributed by atoms with E-state index in [2.05, 4.69) is 10.6 Å². The van der Waals surface area contributed by atoms with E-state index in [9.17, 15) is 18.0 Å². The third-order valence-corrected chi connectivity index (χ3v) is 8.54. The zero-order valence-electron chi connectivity index (χ0n) is 19.5. The number of halogens is 1. The first-order chi connectivity index (χ1) is 16.9. The molecule has 2 N–H and O–H groups in total. The maximum atomic E-state index is 13.2. The summed E-state index contributed by atoms with van der Waals surface area (Å²) in [5, 5.41) is 5.69. The molecule has 0 aromatic heterocycles. The third-order valence-electron chi connectivity index (χ3n) is 6.32. The average molecular weight is 520 g/mol. The number of carbonyl (C=O) groups excluding carboxylic acids is 2. The second-order valence-electron chi connectivity index (χ2n) is 8.80. The van der Waals surface area contributed by atoms with Crippen molar-refractivity contribution in [1.29, 1.82) is 0 Å². The highest BCUT2D eigenvalue weighted by atomic mass is 35.5. The number of ether oxygens (including phenoxy) is 1. The highest BCUT2D eigenvalue weighted by molar-refractivity contribution is 7.89. The molecule has 2 heterocycles. The summed E-state index contributed by atoms with van der Waals surface area (Å²) < 4.78 is 33.4. The Morgan fingerprint density at radius 2 is 1.71 bits per heavy atom. The van der Waals surface area contributed by atoms with Gasteiger partial charge < -0.3 is 15.4 Å². The van der Waals surface area contributed by atoms with Crippen LogP contribution in [-0.2, 0) is 14.8 Å². The molecule has 2 aliphatic rings. The number of hydrogen-bond acceptors (Lipinski definition) is 5. The van der Waals surface area contributed by atoms with E-state index < -0.39 is 15.9 Å². The van der Waals surface area contributed by atoms with E-state index in [1.165, 1.54) is 22.5 Å². The molecule has 0 spiro atoms. The van der Waals surface area contributed by atoms with Crippen molar-refractivity contribution in [2.24, 2.45) is 0 Å². The minimum atomic E-state index is -3.75. The van der Waals surface area contributed by atoms with Crippen molar-refractivity contribution in [1.82, 2.24) is 9.62 Å². The van der Waals surface area contributed by atoms with Gasteiger partial charge in [-0.15, -0.1) is 0 Å². The van der Waals surface area contributed by atoms with Crippen LogP contribution in [0.1, 0.15) is 59.2 Å². The molecule has 35 heavy (non-hydrogen) atoms. The van der Waals surface area contributed by atoms with E-state index in [4.69, 9.17) is 16.3 Å². The molecular formula is C25H30ClN3O5S. The molecular weight excluding hydrogens is 490 g/mol. The molecule has 2 amide bonds. The lowest BCUT2D eigenvalue weighted by atomic mass is 10.1. The predicted octanol–water partition coefficient (Wildman–Crippen LogP) is 4.07. The summed E-state index contributed by atoms with van der Waals surface area (Å²) in [4.78, 5) is 25.9. The third kappa shape index (κ3) is 6.22. The number of hydrogen-bond donors (Lipinski definition) is 2. The molecule has 8 nitrogen and oxygen atoms in total. The number of amides is 2. The minimum absolute atomic E-state index is 0.00611. The van der Waals surface area contributed by atoms with Crippen molar-refractivity contribution in [2.75, 3.05) is 31.6 Å². The Labute approximate surface area is 211 Å². The van der Waals surface area contributed by atoms with Gasteiger partial charge in [0.25, 0.3) is 11.8 Å². The fourth-order valence-corrected chi connectivity index (χ4v) is 6.10. The van der Waals surface area contributed by atoms with Crippen LogP contribution in [-0.4, -0.2) is 56.9 Å². The number of nitrogens with zero attached hydrogens (tertiary/aromatic N) is 1. The van der Waals surface area contributed by atoms with Crippen molar-refractivity contribution in [3.05, 3.63) is 58.6 Å². The topological polar surface area (TPSA) is 105 Å². The number of para-hydroxylation sites is 1. The number of rotatable bonds is 7. The second kappa shape index (κ2) is 11.5. The molecule has 188 valence electrons. The van der Waals surface area contributed by atoms with Gasteiger partial charge >= 0.3 is 0 Å². The summed E-state index contributed by atoms with van der Waals surface area (Å²) in [6.07, 6.45) is 5.49. The van der Waals surface area contributed by atoms with Crippen molar-refractivity contribution < 1.29 is 22.7 Å². The van der Waals surface area contributed by atoms with Crippen LogP contribution < -0.4 is 10.6 Å². The number of nitrogens with one attached hydrogen (secondary N) is 2. The Balaban J connectivity index is 1.52. The summed E-state index contributed by atoms with van der Waals surface area (Å²) in [5.74, 6) is -0.928. The monoisotopic (exact) mass is 519 g/mol. The molecule has 0 saturated carbocycles. The van der Waals surface area contributed by atoms with E-state index in [1.54, 1.807) is 24.3 Å². The highest BCUT2D eigenvalue weighted by Crippen LogP contribution is 2.26. The molecule has 1 atom stereocenters. The molecule has 10 heteroatoms. The predicted molar refractivity (Wildman–Crippen MR) is 134 cm³/mol. The van der Waals surface area contributed by atoms with Gasteiger partial charge in [-0.3, -0.25) is 9.59 Å². The van der Waals surface area contributed by atoms with Crippen LogP contribution in [0, 0.1) is 0 Å². The Bertz CT molecular complexity index is 1170. The lowest BCUT2D eigenvalue weighted by Gasteiger charge is -2.20. The average Bonchev–Trinajstić information content (AvgIpc) is 3.22. The van der Waals surface area contributed by atoms with Crippen LogP contribution in [0.4, 0.5) is 5.69 Å². The van der Waals surface area contributed by atoms with Gasteiger partial charge in [0.2, 0.25) is 10.0 Å². The van der Waals surface area contributed by atoms with Gasteiger partial charge in [-0.05, 0) is 56.0 Å². The first-order valence-electron chi connectivity index (χ1n) is 12.0. The molecule has 2 aliphatic heterocycles. The maximum Gasteiger partial charge on any atom is 0.257 e. The van der Waals surface area contributed by atoms with Gasteiger partial charge in [0.05, 0.1) is 32.8 Å². The van der Waals surface area contributed by atoms with Gasteiger partial charge in [0.15, 0.2) is 0 Å². The molecule has 2 aromatic rings. The molecule has 2 fully saturated rings. The number of carbonyl (C=O) groups is 2. The van der Waals surface area contributed by atoms with Gasteiger partial charge in [-0.25, -0.2) is 8.42 Å². The summed E-state index contributed by atoms with van der Waals surface area (Å²) in [6, 6.07) is 10.8. The van der Waals surface area contributed by atoms with Crippen molar-refractivity contribution in [3.8, 4) is 0 Å². The van der Waals surface area contributed by atoms with Gasteiger partial charge in [0, 0.05) is 26.2 Å². The first-order valence-corrected chi connectivity index (χ1v) is 13.8. The summed E-state index contributed by atoms with van der Waals surface area (Å²) in [7, 11) is -3.75. The lowest BCUT2D eigenvalue weighted by molar-refractivity contribution is 0.0858. The fourth-order valence-electron chi connectivity index (χ4n) is 4.36. The molecule has 0 bridgehead atoms.